The molecule has 0 aliphatic heterocycles. The van der Waals surface area contributed by atoms with Crippen LogP contribution in [0.25, 0.3) is 0 Å². The van der Waals surface area contributed by atoms with Crippen molar-refractivity contribution in [1.82, 2.24) is 0 Å². The van der Waals surface area contributed by atoms with Gasteiger partial charge in [0.25, 0.3) is 0 Å². The quantitative estimate of drug-likeness (QED) is 0.774. The van der Waals surface area contributed by atoms with Crippen LogP contribution in [0, 0.1) is 0 Å². The first-order chi connectivity index (χ1) is 8.97. The molecule has 0 aliphatic rings. The number of benzene rings is 1. The molecule has 0 spiro atoms. The van der Waals surface area contributed by atoms with Crippen LogP contribution in [0.2, 0.25) is 10.0 Å². The van der Waals surface area contributed by atoms with Gasteiger partial charge in [-0.25, -0.2) is 4.79 Å². The summed E-state index contributed by atoms with van der Waals surface area (Å²) < 4.78 is 0. The Morgan fingerprint density at radius 3 is 2.42 bits per heavy atom. The van der Waals surface area contributed by atoms with Crippen LogP contribution >= 0.6 is 23.2 Å². The summed E-state index contributed by atoms with van der Waals surface area (Å²) in [5.74, 6) is -1.49. The summed E-state index contributed by atoms with van der Waals surface area (Å²) >= 11 is 11.7. The molecule has 6 heteroatoms. The van der Waals surface area contributed by atoms with Gasteiger partial charge in [0.1, 0.15) is 5.56 Å². The Morgan fingerprint density at radius 2 is 1.84 bits per heavy atom. The number of halogens is 2. The highest BCUT2D eigenvalue weighted by Crippen LogP contribution is 2.32. The largest absolute Gasteiger partial charge is 0.478 e. The lowest BCUT2D eigenvalue weighted by Gasteiger charge is -2.11. The molecule has 104 valence electrons. The van der Waals surface area contributed by atoms with Gasteiger partial charge >= 0.3 is 5.97 Å². The first kappa shape index (κ1) is 15.8. The summed E-state index contributed by atoms with van der Waals surface area (Å²) in [5.41, 5.74) is -0.124. The molecule has 0 radical (unpaired) electrons. The van der Waals surface area contributed by atoms with E-state index in [1.807, 2.05) is 6.92 Å². The van der Waals surface area contributed by atoms with Crippen molar-refractivity contribution in [3.8, 4) is 0 Å². The van der Waals surface area contributed by atoms with E-state index in [0.29, 0.717) is 6.42 Å². The molecule has 1 aromatic carbocycles. The summed E-state index contributed by atoms with van der Waals surface area (Å²) in [4.78, 5) is 22.9. The zero-order chi connectivity index (χ0) is 14.4. The molecule has 2 N–H and O–H groups in total. The average Bonchev–Trinajstić information content (AvgIpc) is 2.34. The predicted octanol–water partition coefficient (Wildman–Crippen LogP) is 4.21. The predicted molar refractivity (Wildman–Crippen MR) is 76.2 cm³/mol. The van der Waals surface area contributed by atoms with Gasteiger partial charge in [-0.3, -0.25) is 4.79 Å². The number of rotatable bonds is 6. The molecule has 0 unspecified atom stereocenters. The normalized spacial score (nSPS) is 10.3. The van der Waals surface area contributed by atoms with Crippen LogP contribution in [0.1, 0.15) is 43.0 Å². The minimum absolute atomic E-state index is 0.0424. The minimum Gasteiger partial charge on any atom is -0.478 e. The summed E-state index contributed by atoms with van der Waals surface area (Å²) in [7, 11) is 0. The highest BCUT2D eigenvalue weighted by molar-refractivity contribution is 6.38. The van der Waals surface area contributed by atoms with E-state index in [1.54, 1.807) is 0 Å². The van der Waals surface area contributed by atoms with Gasteiger partial charge in [0, 0.05) is 6.42 Å². The Kier molecular flexibility index (Phi) is 6.12. The molecule has 0 fully saturated rings. The van der Waals surface area contributed by atoms with Crippen molar-refractivity contribution in [2.75, 3.05) is 5.32 Å². The highest BCUT2D eigenvalue weighted by atomic mass is 35.5. The first-order valence-electron chi connectivity index (χ1n) is 5.98. The number of carboxylic acids is 1. The molecule has 0 saturated carbocycles. The van der Waals surface area contributed by atoms with Crippen LogP contribution in [-0.4, -0.2) is 17.0 Å². The third-order valence-corrected chi connectivity index (χ3v) is 3.22. The van der Waals surface area contributed by atoms with Crippen molar-refractivity contribution in [3.63, 3.8) is 0 Å². The molecule has 0 saturated heterocycles. The Hall–Kier alpha value is -1.26. The van der Waals surface area contributed by atoms with Gasteiger partial charge in [-0.15, -0.1) is 0 Å². The molecular weight excluding hydrogens is 289 g/mol. The first-order valence-corrected chi connectivity index (χ1v) is 6.74. The lowest BCUT2D eigenvalue weighted by molar-refractivity contribution is -0.116. The van der Waals surface area contributed by atoms with Crippen molar-refractivity contribution in [3.05, 3.63) is 27.7 Å². The molecule has 19 heavy (non-hydrogen) atoms. The van der Waals surface area contributed by atoms with Crippen LogP contribution in [0.4, 0.5) is 5.69 Å². The van der Waals surface area contributed by atoms with Crippen LogP contribution in [0.15, 0.2) is 12.1 Å². The number of carbonyl (C=O) groups is 2. The Morgan fingerprint density at radius 1 is 1.21 bits per heavy atom. The van der Waals surface area contributed by atoms with Gasteiger partial charge in [0.2, 0.25) is 5.91 Å². The van der Waals surface area contributed by atoms with Crippen molar-refractivity contribution in [2.24, 2.45) is 0 Å². The maximum atomic E-state index is 11.7. The van der Waals surface area contributed by atoms with E-state index in [-0.39, 0.29) is 27.2 Å². The number of amides is 1. The van der Waals surface area contributed by atoms with E-state index in [4.69, 9.17) is 28.3 Å². The molecule has 4 nitrogen and oxygen atoms in total. The van der Waals surface area contributed by atoms with Crippen LogP contribution in [-0.2, 0) is 4.79 Å². The average molecular weight is 304 g/mol. The SMILES string of the molecule is CCCCCC(=O)Nc1c(Cl)ccc(Cl)c1C(=O)O. The number of carbonyl (C=O) groups excluding carboxylic acids is 1. The molecule has 0 aliphatic carbocycles. The molecule has 0 bridgehead atoms. The van der Waals surface area contributed by atoms with E-state index in [1.165, 1.54) is 12.1 Å². The Bertz CT molecular complexity index is 489. The van der Waals surface area contributed by atoms with E-state index in [2.05, 4.69) is 5.32 Å². The maximum Gasteiger partial charge on any atom is 0.339 e. The Balaban J connectivity index is 2.91. The molecule has 0 aromatic heterocycles. The lowest BCUT2D eigenvalue weighted by atomic mass is 10.1. The molecular formula is C13H15Cl2NO3. The minimum atomic E-state index is -1.23. The van der Waals surface area contributed by atoms with Crippen molar-refractivity contribution >= 4 is 40.8 Å². The van der Waals surface area contributed by atoms with Crippen LogP contribution in [0.5, 0.6) is 0 Å². The van der Waals surface area contributed by atoms with E-state index < -0.39 is 5.97 Å². The van der Waals surface area contributed by atoms with Gasteiger partial charge in [-0.05, 0) is 18.6 Å². The van der Waals surface area contributed by atoms with E-state index >= 15 is 0 Å². The molecule has 1 rings (SSSR count). The van der Waals surface area contributed by atoms with Gasteiger partial charge in [0.05, 0.1) is 15.7 Å². The second-order valence-corrected chi connectivity index (χ2v) is 4.90. The number of unbranched alkanes of at least 4 members (excludes halogenated alkanes) is 2. The fraction of sp³-hybridized carbons (Fsp3) is 0.385. The fourth-order valence-electron chi connectivity index (χ4n) is 1.62. The van der Waals surface area contributed by atoms with Gasteiger partial charge in [0.15, 0.2) is 0 Å². The molecule has 0 heterocycles. The summed E-state index contributed by atoms with van der Waals surface area (Å²) in [5, 5.41) is 11.8. The Labute approximate surface area is 121 Å². The van der Waals surface area contributed by atoms with Crippen molar-refractivity contribution in [2.45, 2.75) is 32.6 Å². The third-order valence-electron chi connectivity index (χ3n) is 2.59. The standard InChI is InChI=1S/C13H15Cl2NO3/c1-2-3-4-5-10(17)16-12-9(15)7-6-8(14)11(12)13(18)19/h6-7H,2-5H2,1H3,(H,16,17)(H,18,19). The zero-order valence-electron chi connectivity index (χ0n) is 10.5. The number of nitrogens with one attached hydrogen (secondary N) is 1. The van der Waals surface area contributed by atoms with E-state index in [0.717, 1.165) is 19.3 Å². The number of carboxylic acid groups (broad SMARTS) is 1. The number of aromatic carboxylic acids is 1. The highest BCUT2D eigenvalue weighted by Gasteiger charge is 2.19. The van der Waals surface area contributed by atoms with Crippen molar-refractivity contribution < 1.29 is 14.7 Å². The second-order valence-electron chi connectivity index (χ2n) is 4.09. The number of hydrogen-bond acceptors (Lipinski definition) is 2. The smallest absolute Gasteiger partial charge is 0.339 e. The van der Waals surface area contributed by atoms with Crippen LogP contribution in [0.3, 0.4) is 0 Å². The maximum absolute atomic E-state index is 11.7. The van der Waals surface area contributed by atoms with Crippen LogP contribution < -0.4 is 5.32 Å². The van der Waals surface area contributed by atoms with Crippen molar-refractivity contribution in [1.29, 1.82) is 0 Å². The fourth-order valence-corrected chi connectivity index (χ4v) is 2.06. The summed E-state index contributed by atoms with van der Waals surface area (Å²) in [6, 6.07) is 2.85. The number of anilines is 1. The van der Waals surface area contributed by atoms with E-state index in [9.17, 15) is 9.59 Å². The second kappa shape index (κ2) is 7.36. The topological polar surface area (TPSA) is 66.4 Å². The van der Waals surface area contributed by atoms with Gasteiger partial charge in [-0.1, -0.05) is 43.0 Å². The van der Waals surface area contributed by atoms with Gasteiger partial charge in [-0.2, -0.15) is 0 Å². The third kappa shape index (κ3) is 4.40. The summed E-state index contributed by atoms with van der Waals surface area (Å²) in [6.45, 7) is 2.04. The lowest BCUT2D eigenvalue weighted by Crippen LogP contribution is -2.15. The summed E-state index contributed by atoms with van der Waals surface area (Å²) in [6.07, 6.45) is 3.03. The molecule has 0 atom stereocenters. The number of hydrogen-bond donors (Lipinski definition) is 2. The molecule has 1 aromatic rings. The zero-order valence-corrected chi connectivity index (χ0v) is 12.0. The van der Waals surface area contributed by atoms with Gasteiger partial charge < -0.3 is 10.4 Å². The molecule has 1 amide bonds. The monoisotopic (exact) mass is 303 g/mol.